The van der Waals surface area contributed by atoms with Crippen molar-refractivity contribution in [1.29, 1.82) is 5.41 Å². The fourth-order valence-corrected chi connectivity index (χ4v) is 5.45. The minimum Gasteiger partial charge on any atom is -0.463 e. The lowest BCUT2D eigenvalue weighted by atomic mass is 9.85. The molecule has 172 valence electrons. The van der Waals surface area contributed by atoms with Gasteiger partial charge in [0.05, 0.1) is 31.4 Å². The predicted octanol–water partition coefficient (Wildman–Crippen LogP) is 1.24. The van der Waals surface area contributed by atoms with Crippen molar-refractivity contribution in [3.05, 3.63) is 47.4 Å². The number of carbonyl (C=O) groups is 1. The number of sulfone groups is 1. The minimum absolute atomic E-state index is 0.0409. The van der Waals surface area contributed by atoms with E-state index in [9.17, 15) is 13.2 Å². The van der Waals surface area contributed by atoms with Crippen LogP contribution in [0.2, 0.25) is 0 Å². The Morgan fingerprint density at radius 1 is 1.36 bits per heavy atom. The third kappa shape index (κ3) is 4.03. The Morgan fingerprint density at radius 2 is 2.15 bits per heavy atom. The number of benzene rings is 1. The molecule has 11 heteroatoms. The van der Waals surface area contributed by atoms with Crippen molar-refractivity contribution >= 4 is 27.3 Å². The Morgan fingerprint density at radius 3 is 2.82 bits per heavy atom. The van der Waals surface area contributed by atoms with Crippen LogP contribution in [0.15, 0.2) is 30.6 Å². The van der Waals surface area contributed by atoms with Gasteiger partial charge in [0.25, 0.3) is 5.91 Å². The highest BCUT2D eigenvalue weighted by Gasteiger charge is 2.54. The summed E-state index contributed by atoms with van der Waals surface area (Å²) in [6.45, 7) is 3.44. The van der Waals surface area contributed by atoms with Crippen molar-refractivity contribution in [2.75, 3.05) is 24.3 Å². The molecule has 2 aromatic rings. The number of rotatable bonds is 4. The molecule has 2 aliphatic rings. The predicted molar refractivity (Wildman–Crippen MR) is 121 cm³/mol. The summed E-state index contributed by atoms with van der Waals surface area (Å²) in [4.78, 5) is 20.7. The van der Waals surface area contributed by atoms with Crippen LogP contribution in [-0.2, 0) is 26.7 Å². The molecule has 1 fully saturated rings. The van der Waals surface area contributed by atoms with Crippen molar-refractivity contribution in [3.63, 3.8) is 0 Å². The molecule has 33 heavy (non-hydrogen) atoms. The number of nitrogens with one attached hydrogen (secondary N) is 3. The van der Waals surface area contributed by atoms with E-state index in [-0.39, 0.29) is 36.4 Å². The zero-order chi connectivity index (χ0) is 23.9. The van der Waals surface area contributed by atoms with Crippen LogP contribution < -0.4 is 15.4 Å². The van der Waals surface area contributed by atoms with Gasteiger partial charge in [-0.25, -0.2) is 18.4 Å². The summed E-state index contributed by atoms with van der Waals surface area (Å²) in [7, 11) is -3.65. The molecule has 0 unspecified atom stereocenters. The Hall–Kier alpha value is -3.49. The fourth-order valence-electron chi connectivity index (χ4n) is 3.77. The van der Waals surface area contributed by atoms with E-state index < -0.39 is 26.0 Å². The van der Waals surface area contributed by atoms with Gasteiger partial charge >= 0.3 is 0 Å². The van der Waals surface area contributed by atoms with Gasteiger partial charge in [-0.1, -0.05) is 12.0 Å². The zero-order valence-corrected chi connectivity index (χ0v) is 19.0. The van der Waals surface area contributed by atoms with E-state index in [0.717, 1.165) is 5.56 Å². The number of carbonyl (C=O) groups excluding carboxylic acids is 1. The number of fused-ring (bicyclic) bond motifs is 2. The van der Waals surface area contributed by atoms with E-state index in [2.05, 4.69) is 26.5 Å². The van der Waals surface area contributed by atoms with Crippen LogP contribution in [0.4, 0.5) is 5.69 Å². The molecule has 1 saturated heterocycles. The molecule has 3 heterocycles. The molecular formula is C22H23N5O5S. The second kappa shape index (κ2) is 8.13. The van der Waals surface area contributed by atoms with Gasteiger partial charge in [0, 0.05) is 5.69 Å². The van der Waals surface area contributed by atoms with E-state index in [4.69, 9.17) is 21.3 Å². The average Bonchev–Trinajstić information content (AvgIpc) is 2.77. The molecule has 0 bridgehead atoms. The van der Waals surface area contributed by atoms with Crippen molar-refractivity contribution in [2.24, 2.45) is 0 Å². The van der Waals surface area contributed by atoms with Gasteiger partial charge in [-0.2, -0.15) is 0 Å². The highest BCUT2D eigenvalue weighted by atomic mass is 32.2. The monoisotopic (exact) mass is 469 g/mol. The van der Waals surface area contributed by atoms with Gasteiger partial charge in [0.2, 0.25) is 5.88 Å². The van der Waals surface area contributed by atoms with Crippen LogP contribution in [0.25, 0.3) is 0 Å². The van der Waals surface area contributed by atoms with Crippen LogP contribution in [0.5, 0.6) is 5.88 Å². The van der Waals surface area contributed by atoms with E-state index in [0.29, 0.717) is 17.9 Å². The lowest BCUT2D eigenvalue weighted by molar-refractivity contribution is 0.0513. The van der Waals surface area contributed by atoms with Crippen LogP contribution in [0.3, 0.4) is 0 Å². The summed E-state index contributed by atoms with van der Waals surface area (Å²) in [6, 6.07) is 5.18. The van der Waals surface area contributed by atoms with Crippen molar-refractivity contribution in [3.8, 4) is 18.2 Å². The summed E-state index contributed by atoms with van der Waals surface area (Å²) in [5.74, 6) is 1.70. The number of anilines is 1. The first-order valence-electron chi connectivity index (χ1n) is 10.1. The first-order valence-corrected chi connectivity index (χ1v) is 11.7. The molecule has 0 saturated carbocycles. The first kappa shape index (κ1) is 22.7. The SMILES string of the molecule is C#CCOc1cnc(C(=O)Nc2ccc3c(c2)[C@]2(COC3)CS(=O)(=O)C(C)(C)C(=N)N2)cn1. The summed E-state index contributed by atoms with van der Waals surface area (Å²) in [5, 5.41) is 14.2. The first-order chi connectivity index (χ1) is 15.6. The molecular weight excluding hydrogens is 446 g/mol. The maximum Gasteiger partial charge on any atom is 0.275 e. The largest absolute Gasteiger partial charge is 0.463 e. The topological polar surface area (TPSA) is 143 Å². The maximum atomic E-state index is 13.0. The van der Waals surface area contributed by atoms with Gasteiger partial charge in [0.15, 0.2) is 16.4 Å². The quantitative estimate of drug-likeness (QED) is 0.568. The number of nitrogens with zero attached hydrogens (tertiary/aromatic N) is 2. The van der Waals surface area contributed by atoms with Crippen LogP contribution in [-0.4, -0.2) is 53.8 Å². The summed E-state index contributed by atoms with van der Waals surface area (Å²) >= 11 is 0. The molecule has 1 aromatic carbocycles. The summed E-state index contributed by atoms with van der Waals surface area (Å²) in [6.07, 6.45) is 7.70. The van der Waals surface area contributed by atoms with Gasteiger partial charge in [-0.15, -0.1) is 6.42 Å². The summed E-state index contributed by atoms with van der Waals surface area (Å²) in [5.41, 5.74) is 0.852. The Kier molecular flexibility index (Phi) is 5.59. The van der Waals surface area contributed by atoms with Crippen LogP contribution in [0, 0.1) is 17.8 Å². The normalized spacial score (nSPS) is 22.5. The van der Waals surface area contributed by atoms with Crippen molar-refractivity contribution in [1.82, 2.24) is 15.3 Å². The number of hydrogen-bond acceptors (Lipinski definition) is 8. The second-order valence-corrected chi connectivity index (χ2v) is 10.9. The maximum absolute atomic E-state index is 13.0. The Balaban J connectivity index is 1.61. The Bertz CT molecular complexity index is 1270. The van der Waals surface area contributed by atoms with E-state index >= 15 is 0 Å². The lowest BCUT2D eigenvalue weighted by Gasteiger charge is -2.47. The van der Waals surface area contributed by atoms with Crippen molar-refractivity contribution in [2.45, 2.75) is 30.7 Å². The molecule has 4 rings (SSSR count). The molecule has 1 amide bonds. The lowest BCUT2D eigenvalue weighted by Crippen LogP contribution is -2.67. The number of terminal acetylenes is 1. The molecule has 0 radical (unpaired) electrons. The molecule has 1 spiro atoms. The van der Waals surface area contributed by atoms with Gasteiger partial charge in [-0.3, -0.25) is 10.2 Å². The van der Waals surface area contributed by atoms with Gasteiger partial charge in [0.1, 0.15) is 21.8 Å². The van der Waals surface area contributed by atoms with Gasteiger partial charge < -0.3 is 20.1 Å². The smallest absolute Gasteiger partial charge is 0.275 e. The number of hydrogen-bond donors (Lipinski definition) is 3. The average molecular weight is 470 g/mol. The van der Waals surface area contributed by atoms with Gasteiger partial charge in [-0.05, 0) is 37.1 Å². The molecule has 3 N–H and O–H groups in total. The molecule has 10 nitrogen and oxygen atoms in total. The van der Waals surface area contributed by atoms with Crippen LogP contribution >= 0.6 is 0 Å². The zero-order valence-electron chi connectivity index (χ0n) is 18.1. The standard InChI is InChI=1S/C22H23N5O5S/c1-4-7-32-18-10-24-17(9-25-18)19(28)26-15-6-5-14-11-31-12-22(16(14)8-15)13-33(29,30)21(2,3)20(23)27-22/h1,5-6,8-10H,7,11-13H2,2-3H3,(H2,23,27)(H,26,28)/t22-/m0/s1. The number of amidine groups is 1. The van der Waals surface area contributed by atoms with E-state index in [1.54, 1.807) is 18.2 Å². The van der Waals surface area contributed by atoms with E-state index in [1.165, 1.54) is 26.2 Å². The molecule has 1 atom stereocenters. The number of ether oxygens (including phenoxy) is 2. The fraction of sp³-hybridized carbons (Fsp3) is 0.364. The third-order valence-corrected chi connectivity index (χ3v) is 8.47. The third-order valence-electron chi connectivity index (χ3n) is 5.83. The summed E-state index contributed by atoms with van der Waals surface area (Å²) < 4.78 is 35.5. The second-order valence-electron chi connectivity index (χ2n) is 8.40. The number of aromatic nitrogens is 2. The molecule has 1 aromatic heterocycles. The molecule has 2 aliphatic heterocycles. The Labute approximate surface area is 191 Å². The highest BCUT2D eigenvalue weighted by Crippen LogP contribution is 2.39. The highest BCUT2D eigenvalue weighted by molar-refractivity contribution is 7.93. The minimum atomic E-state index is -3.65. The van der Waals surface area contributed by atoms with Crippen LogP contribution in [0.1, 0.15) is 35.5 Å². The van der Waals surface area contributed by atoms with Crippen molar-refractivity contribution < 1.29 is 22.7 Å². The van der Waals surface area contributed by atoms with E-state index in [1.807, 2.05) is 0 Å². The molecule has 0 aliphatic carbocycles. The number of amides is 1.